The van der Waals surface area contributed by atoms with Gasteiger partial charge < -0.3 is 15.3 Å². The standard InChI is InChI=1S/C15H19BrN2O3/c1-9-5-12(16)8-13(6-9)17-15(21)18-4-3-11(14(19)20)7-10(18)2/h5-6,8,10-11H,3-4,7H2,1-2H3,(H,17,21)(H,19,20). The minimum atomic E-state index is -0.774. The number of hydrogen-bond acceptors (Lipinski definition) is 2. The minimum absolute atomic E-state index is 0.0758. The Morgan fingerprint density at radius 2 is 2.10 bits per heavy atom. The molecule has 1 aliphatic rings. The Hall–Kier alpha value is -1.56. The first-order valence-electron chi connectivity index (χ1n) is 6.94. The summed E-state index contributed by atoms with van der Waals surface area (Å²) in [5, 5.41) is 11.9. The Morgan fingerprint density at radius 3 is 2.67 bits per heavy atom. The Morgan fingerprint density at radius 1 is 1.38 bits per heavy atom. The maximum absolute atomic E-state index is 12.3. The maximum atomic E-state index is 12.3. The van der Waals surface area contributed by atoms with E-state index in [0.717, 1.165) is 15.7 Å². The molecule has 1 saturated heterocycles. The van der Waals surface area contributed by atoms with Crippen molar-refractivity contribution in [2.45, 2.75) is 32.7 Å². The lowest BCUT2D eigenvalue weighted by atomic mass is 9.92. The monoisotopic (exact) mass is 354 g/mol. The summed E-state index contributed by atoms with van der Waals surface area (Å²) in [6.07, 6.45) is 1.00. The second kappa shape index (κ2) is 6.47. The molecule has 0 aromatic heterocycles. The van der Waals surface area contributed by atoms with Crippen molar-refractivity contribution in [3.8, 4) is 0 Å². The molecule has 2 N–H and O–H groups in total. The van der Waals surface area contributed by atoms with E-state index in [1.165, 1.54) is 0 Å². The first kappa shape index (κ1) is 15.8. The van der Waals surface area contributed by atoms with Crippen LogP contribution in [-0.4, -0.2) is 34.6 Å². The molecule has 0 aliphatic carbocycles. The summed E-state index contributed by atoms with van der Waals surface area (Å²) in [5.74, 6) is -1.12. The average molecular weight is 355 g/mol. The fourth-order valence-electron chi connectivity index (χ4n) is 2.70. The summed E-state index contributed by atoms with van der Waals surface area (Å²) in [4.78, 5) is 25.1. The molecule has 0 saturated carbocycles. The number of likely N-dealkylation sites (tertiary alicyclic amines) is 1. The van der Waals surface area contributed by atoms with Crippen molar-refractivity contribution in [2.24, 2.45) is 5.92 Å². The van der Waals surface area contributed by atoms with Gasteiger partial charge in [0, 0.05) is 22.7 Å². The number of rotatable bonds is 2. The van der Waals surface area contributed by atoms with Gasteiger partial charge in [0.25, 0.3) is 0 Å². The summed E-state index contributed by atoms with van der Waals surface area (Å²) >= 11 is 3.40. The molecule has 1 fully saturated rings. The van der Waals surface area contributed by atoms with Gasteiger partial charge in [-0.15, -0.1) is 0 Å². The number of carboxylic acid groups (broad SMARTS) is 1. The quantitative estimate of drug-likeness (QED) is 0.853. The van der Waals surface area contributed by atoms with E-state index in [2.05, 4.69) is 21.2 Å². The van der Waals surface area contributed by atoms with Crippen molar-refractivity contribution in [3.63, 3.8) is 0 Å². The fraction of sp³-hybridized carbons (Fsp3) is 0.467. The van der Waals surface area contributed by atoms with Crippen LogP contribution in [0.1, 0.15) is 25.3 Å². The number of halogens is 1. The van der Waals surface area contributed by atoms with E-state index in [-0.39, 0.29) is 18.0 Å². The van der Waals surface area contributed by atoms with Gasteiger partial charge in [-0.3, -0.25) is 4.79 Å². The smallest absolute Gasteiger partial charge is 0.322 e. The van der Waals surface area contributed by atoms with Crippen LogP contribution in [0.15, 0.2) is 22.7 Å². The summed E-state index contributed by atoms with van der Waals surface area (Å²) in [7, 11) is 0. The van der Waals surface area contributed by atoms with Gasteiger partial charge in [0.2, 0.25) is 0 Å². The number of carbonyl (C=O) groups is 2. The molecule has 6 heteroatoms. The summed E-state index contributed by atoms with van der Waals surface area (Å²) in [6, 6.07) is 5.46. The second-order valence-electron chi connectivity index (χ2n) is 5.55. The van der Waals surface area contributed by atoms with Crippen molar-refractivity contribution in [3.05, 3.63) is 28.2 Å². The lowest BCUT2D eigenvalue weighted by Gasteiger charge is -2.36. The van der Waals surface area contributed by atoms with Crippen LogP contribution in [-0.2, 0) is 4.79 Å². The molecule has 1 aromatic carbocycles. The van der Waals surface area contributed by atoms with E-state index in [1.54, 1.807) is 4.90 Å². The third-order valence-corrected chi connectivity index (χ3v) is 4.24. The zero-order chi connectivity index (χ0) is 15.6. The van der Waals surface area contributed by atoms with Crippen molar-refractivity contribution in [2.75, 3.05) is 11.9 Å². The third kappa shape index (κ3) is 3.97. The topological polar surface area (TPSA) is 69.6 Å². The number of aryl methyl sites for hydroxylation is 1. The molecule has 0 spiro atoms. The second-order valence-corrected chi connectivity index (χ2v) is 6.47. The number of benzene rings is 1. The normalized spacial score (nSPS) is 22.0. The number of hydrogen-bond donors (Lipinski definition) is 2. The predicted octanol–water partition coefficient (Wildman–Crippen LogP) is 3.47. The van der Waals surface area contributed by atoms with Gasteiger partial charge in [-0.2, -0.15) is 0 Å². The first-order chi connectivity index (χ1) is 9.86. The number of carboxylic acids is 1. The van der Waals surface area contributed by atoms with E-state index < -0.39 is 5.97 Å². The molecule has 5 nitrogen and oxygen atoms in total. The first-order valence-corrected chi connectivity index (χ1v) is 7.73. The zero-order valence-electron chi connectivity index (χ0n) is 12.1. The van der Waals surface area contributed by atoms with E-state index in [9.17, 15) is 9.59 Å². The highest BCUT2D eigenvalue weighted by Gasteiger charge is 2.32. The van der Waals surface area contributed by atoms with Gasteiger partial charge in [-0.05, 0) is 50.5 Å². The molecule has 2 rings (SSSR count). The molecule has 0 bridgehead atoms. The van der Waals surface area contributed by atoms with Gasteiger partial charge in [0.05, 0.1) is 5.92 Å². The Kier molecular flexibility index (Phi) is 4.88. The number of nitrogens with zero attached hydrogens (tertiary/aromatic N) is 1. The number of aliphatic carboxylic acids is 1. The number of urea groups is 1. The van der Waals surface area contributed by atoms with E-state index in [1.807, 2.05) is 32.0 Å². The maximum Gasteiger partial charge on any atom is 0.322 e. The molecule has 21 heavy (non-hydrogen) atoms. The van der Waals surface area contributed by atoms with Gasteiger partial charge in [0.15, 0.2) is 0 Å². The van der Waals surface area contributed by atoms with Crippen molar-refractivity contribution >= 4 is 33.6 Å². The van der Waals surface area contributed by atoms with Crippen LogP contribution in [0.3, 0.4) is 0 Å². The lowest BCUT2D eigenvalue weighted by Crippen LogP contribution is -2.47. The average Bonchev–Trinajstić information content (AvgIpc) is 2.36. The van der Waals surface area contributed by atoms with Crippen LogP contribution in [0.4, 0.5) is 10.5 Å². The SMILES string of the molecule is Cc1cc(Br)cc(NC(=O)N2CCC(C(=O)O)CC2C)c1. The third-order valence-electron chi connectivity index (χ3n) is 3.78. The van der Waals surface area contributed by atoms with Crippen molar-refractivity contribution in [1.82, 2.24) is 4.90 Å². The molecule has 2 atom stereocenters. The van der Waals surface area contributed by atoms with Crippen LogP contribution in [0.2, 0.25) is 0 Å². The summed E-state index contributed by atoms with van der Waals surface area (Å²) < 4.78 is 0.912. The number of piperidine rings is 1. The predicted molar refractivity (Wildman–Crippen MR) is 84.4 cm³/mol. The van der Waals surface area contributed by atoms with Crippen LogP contribution in [0.25, 0.3) is 0 Å². The number of anilines is 1. The molecule has 2 amide bonds. The molecule has 1 aliphatic heterocycles. The summed E-state index contributed by atoms with van der Waals surface area (Å²) in [5.41, 5.74) is 1.79. The molecule has 114 valence electrons. The van der Waals surface area contributed by atoms with Crippen LogP contribution >= 0.6 is 15.9 Å². The minimum Gasteiger partial charge on any atom is -0.481 e. The summed E-state index contributed by atoms with van der Waals surface area (Å²) in [6.45, 7) is 4.32. The van der Waals surface area contributed by atoms with Crippen LogP contribution in [0.5, 0.6) is 0 Å². The van der Waals surface area contributed by atoms with Crippen molar-refractivity contribution in [1.29, 1.82) is 0 Å². The number of carbonyl (C=O) groups excluding carboxylic acids is 1. The molecule has 1 aromatic rings. The highest BCUT2D eigenvalue weighted by Crippen LogP contribution is 2.25. The molecule has 2 unspecified atom stereocenters. The van der Waals surface area contributed by atoms with E-state index in [4.69, 9.17) is 5.11 Å². The highest BCUT2D eigenvalue weighted by molar-refractivity contribution is 9.10. The van der Waals surface area contributed by atoms with E-state index >= 15 is 0 Å². The van der Waals surface area contributed by atoms with Gasteiger partial charge in [0.1, 0.15) is 0 Å². The number of nitrogens with one attached hydrogen (secondary N) is 1. The largest absolute Gasteiger partial charge is 0.481 e. The molecular formula is C15H19BrN2O3. The van der Waals surface area contributed by atoms with Gasteiger partial charge >= 0.3 is 12.0 Å². The van der Waals surface area contributed by atoms with Crippen LogP contribution in [0, 0.1) is 12.8 Å². The van der Waals surface area contributed by atoms with Gasteiger partial charge in [-0.25, -0.2) is 4.79 Å². The van der Waals surface area contributed by atoms with E-state index in [0.29, 0.717) is 19.4 Å². The number of amides is 2. The molecule has 0 radical (unpaired) electrons. The Balaban J connectivity index is 2.02. The van der Waals surface area contributed by atoms with Crippen LogP contribution < -0.4 is 5.32 Å². The van der Waals surface area contributed by atoms with Crippen molar-refractivity contribution < 1.29 is 14.7 Å². The lowest BCUT2D eigenvalue weighted by molar-refractivity contribution is -0.143. The Bertz CT molecular complexity index is 542. The zero-order valence-corrected chi connectivity index (χ0v) is 13.7. The fourth-order valence-corrected chi connectivity index (χ4v) is 3.31. The molecular weight excluding hydrogens is 336 g/mol. The Labute approximate surface area is 132 Å². The molecule has 1 heterocycles. The highest BCUT2D eigenvalue weighted by atomic mass is 79.9. The van der Waals surface area contributed by atoms with Gasteiger partial charge in [-0.1, -0.05) is 15.9 Å².